The second-order valence-electron chi connectivity index (χ2n) is 12.6. The summed E-state index contributed by atoms with van der Waals surface area (Å²) in [6.45, 7) is 6.39. The van der Waals surface area contributed by atoms with Crippen molar-refractivity contribution in [2.24, 2.45) is 0 Å². The molecule has 0 bridgehead atoms. The van der Waals surface area contributed by atoms with Crippen LogP contribution in [0.4, 0.5) is 17.1 Å². The van der Waals surface area contributed by atoms with Crippen LogP contribution in [0.3, 0.4) is 0 Å². The molecule has 0 saturated carbocycles. The lowest BCUT2D eigenvalue weighted by Crippen LogP contribution is -2.55. The first-order valence-electron chi connectivity index (χ1n) is 14.3. The smallest absolute Gasteiger partial charge is 0.307 e. The van der Waals surface area contributed by atoms with Gasteiger partial charge in [0.1, 0.15) is 0 Å². The highest BCUT2D eigenvalue weighted by Gasteiger charge is 2.48. The highest BCUT2D eigenvalue weighted by atomic mass is 16.1. The van der Waals surface area contributed by atoms with Gasteiger partial charge < -0.3 is 9.47 Å². The van der Waals surface area contributed by atoms with Crippen LogP contribution < -0.4 is 21.4 Å². The number of aromatic nitrogens is 3. The quantitative estimate of drug-likeness (QED) is 0.218. The zero-order valence-electron chi connectivity index (χ0n) is 23.0. The molecule has 0 atom stereocenters. The molecule has 0 aliphatic carbocycles. The molecule has 10 rings (SSSR count). The summed E-state index contributed by atoms with van der Waals surface area (Å²) in [4.78, 5) is 16.8. The molecule has 0 N–H and O–H groups in total. The van der Waals surface area contributed by atoms with Gasteiger partial charge in [-0.05, 0) is 58.9 Å². The minimum absolute atomic E-state index is 0.0368. The molecule has 5 aromatic carbocycles. The monoisotopic (exact) mass is 528 g/mol. The van der Waals surface area contributed by atoms with Crippen molar-refractivity contribution in [3.05, 3.63) is 113 Å². The molecule has 3 aliphatic rings. The second-order valence-corrected chi connectivity index (χ2v) is 12.6. The van der Waals surface area contributed by atoms with Crippen molar-refractivity contribution < 1.29 is 0 Å². The summed E-state index contributed by atoms with van der Waals surface area (Å²) in [5.41, 5.74) is 12.7. The minimum Gasteiger partial charge on any atom is -0.307 e. The van der Waals surface area contributed by atoms with E-state index in [1.807, 2.05) is 4.59 Å². The molecule has 194 valence electrons. The fourth-order valence-corrected chi connectivity index (χ4v) is 7.76. The maximum Gasteiger partial charge on any atom is 0.357 e. The number of hydrogen-bond donors (Lipinski definition) is 0. The Balaban J connectivity index is 1.39. The van der Waals surface area contributed by atoms with Gasteiger partial charge in [-0.15, -0.1) is 0 Å². The SMILES string of the molecule is CC(C)(C)c1ccc2c(c1)c(=O)n1n2-c2ccc3c4c2B1c1ccccc1N4c1cccc2c4ccccc4n-3c12. The molecule has 0 amide bonds. The number of rotatable bonds is 0. The molecule has 3 aliphatic heterocycles. The fourth-order valence-electron chi connectivity index (χ4n) is 7.76. The van der Waals surface area contributed by atoms with Crippen molar-refractivity contribution in [1.82, 2.24) is 13.8 Å². The van der Waals surface area contributed by atoms with Crippen LogP contribution in [-0.4, -0.2) is 20.7 Å². The number of nitrogens with zero attached hydrogens (tertiary/aromatic N) is 4. The molecular formula is C35H25BN4O. The van der Waals surface area contributed by atoms with Gasteiger partial charge in [-0.25, -0.2) is 0 Å². The average molecular weight is 528 g/mol. The summed E-state index contributed by atoms with van der Waals surface area (Å²) in [6, 6.07) is 34.9. The third kappa shape index (κ3) is 2.37. The van der Waals surface area contributed by atoms with Crippen LogP contribution >= 0.6 is 0 Å². The lowest BCUT2D eigenvalue weighted by molar-refractivity contribution is 0.591. The van der Waals surface area contributed by atoms with E-state index < -0.39 is 0 Å². The molecule has 0 fully saturated rings. The summed E-state index contributed by atoms with van der Waals surface area (Å²) >= 11 is 0. The summed E-state index contributed by atoms with van der Waals surface area (Å²) in [7, 11) is 0. The van der Waals surface area contributed by atoms with E-state index in [1.54, 1.807) is 0 Å². The van der Waals surface area contributed by atoms with Crippen LogP contribution in [0.1, 0.15) is 26.3 Å². The minimum atomic E-state index is -0.201. The van der Waals surface area contributed by atoms with Gasteiger partial charge in [0, 0.05) is 21.9 Å². The molecule has 7 aromatic rings. The first-order valence-corrected chi connectivity index (χ1v) is 14.3. The van der Waals surface area contributed by atoms with Crippen LogP contribution in [0.25, 0.3) is 44.1 Å². The standard InChI is InChI=1S/C35H25BN4O/c1-35(2,3)20-15-16-26-23(19-20)34(41)40-36-24-11-5-7-13-27(24)38-29-14-8-10-22-21-9-4-6-12-25(21)37(32(22)29)30-18-17-28(39(26)40)31(36)33(30)38/h4-19H,1-3H3. The Hall–Kier alpha value is -4.97. The van der Waals surface area contributed by atoms with Crippen molar-refractivity contribution in [3.8, 4) is 11.4 Å². The molecular weight excluding hydrogens is 503 g/mol. The normalized spacial score (nSPS) is 14.2. The molecule has 5 heterocycles. The van der Waals surface area contributed by atoms with Crippen molar-refractivity contribution in [2.45, 2.75) is 26.2 Å². The number of fused-ring (bicyclic) bond motifs is 13. The summed E-state index contributed by atoms with van der Waals surface area (Å²) < 4.78 is 6.61. The molecule has 0 unspecified atom stereocenters. The lowest BCUT2D eigenvalue weighted by Gasteiger charge is -2.39. The van der Waals surface area contributed by atoms with E-state index in [0.29, 0.717) is 0 Å². The highest BCUT2D eigenvalue weighted by Crippen LogP contribution is 2.51. The number of hydrogen-bond acceptors (Lipinski definition) is 2. The maximum absolute atomic E-state index is 14.3. The topological polar surface area (TPSA) is 35.1 Å². The van der Waals surface area contributed by atoms with Crippen LogP contribution in [-0.2, 0) is 5.41 Å². The number of anilines is 3. The first-order chi connectivity index (χ1) is 19.9. The number of para-hydroxylation sites is 3. The number of benzene rings is 5. The van der Waals surface area contributed by atoms with Gasteiger partial charge in [0.05, 0.1) is 44.7 Å². The van der Waals surface area contributed by atoms with Crippen LogP contribution in [0, 0.1) is 0 Å². The Kier molecular flexibility index (Phi) is 3.64. The van der Waals surface area contributed by atoms with Gasteiger partial charge in [-0.1, -0.05) is 75.4 Å². The van der Waals surface area contributed by atoms with E-state index in [0.717, 1.165) is 33.4 Å². The zero-order chi connectivity index (χ0) is 27.4. The van der Waals surface area contributed by atoms with Crippen LogP contribution in [0.5, 0.6) is 0 Å². The highest BCUT2D eigenvalue weighted by molar-refractivity contribution is 6.88. The molecule has 6 heteroatoms. The zero-order valence-corrected chi connectivity index (χ0v) is 23.0. The van der Waals surface area contributed by atoms with Gasteiger partial charge in [0.15, 0.2) is 0 Å². The molecule has 0 radical (unpaired) electrons. The Morgan fingerprint density at radius 2 is 1.41 bits per heavy atom. The van der Waals surface area contributed by atoms with E-state index in [2.05, 4.69) is 132 Å². The van der Waals surface area contributed by atoms with Gasteiger partial charge in [-0.2, -0.15) is 0 Å². The van der Waals surface area contributed by atoms with Crippen LogP contribution in [0.15, 0.2) is 102 Å². The fraction of sp³-hybridized carbons (Fsp3) is 0.114. The lowest BCUT2D eigenvalue weighted by atomic mass is 9.48. The van der Waals surface area contributed by atoms with Gasteiger partial charge in [0.25, 0.3) is 5.56 Å². The van der Waals surface area contributed by atoms with Gasteiger partial charge >= 0.3 is 6.85 Å². The summed E-state index contributed by atoms with van der Waals surface area (Å²) in [5.74, 6) is 0. The predicted molar refractivity (Wildman–Crippen MR) is 169 cm³/mol. The average Bonchev–Trinajstić information content (AvgIpc) is 3.61. The Bertz CT molecular complexity index is 2400. The molecule has 2 aromatic heterocycles. The maximum atomic E-state index is 14.3. The second kappa shape index (κ2) is 6.84. The molecule has 5 nitrogen and oxygen atoms in total. The summed E-state index contributed by atoms with van der Waals surface area (Å²) in [6.07, 6.45) is 0. The van der Waals surface area contributed by atoms with E-state index in [1.165, 1.54) is 44.2 Å². The molecule has 0 spiro atoms. The third-order valence-electron chi connectivity index (χ3n) is 9.51. The van der Waals surface area contributed by atoms with E-state index in [9.17, 15) is 4.79 Å². The molecule has 0 saturated heterocycles. The van der Waals surface area contributed by atoms with Crippen molar-refractivity contribution in [1.29, 1.82) is 0 Å². The summed E-state index contributed by atoms with van der Waals surface area (Å²) in [5, 5.41) is 3.29. The van der Waals surface area contributed by atoms with Crippen molar-refractivity contribution in [3.63, 3.8) is 0 Å². The van der Waals surface area contributed by atoms with E-state index in [-0.39, 0.29) is 17.8 Å². The Labute approximate surface area is 236 Å². The van der Waals surface area contributed by atoms with E-state index >= 15 is 0 Å². The van der Waals surface area contributed by atoms with Crippen molar-refractivity contribution >= 4 is 67.5 Å². The van der Waals surface area contributed by atoms with E-state index in [4.69, 9.17) is 0 Å². The third-order valence-corrected chi connectivity index (χ3v) is 9.51. The van der Waals surface area contributed by atoms with Crippen molar-refractivity contribution in [2.75, 3.05) is 4.90 Å². The predicted octanol–water partition coefficient (Wildman–Crippen LogP) is 6.25. The van der Waals surface area contributed by atoms with Gasteiger partial charge in [0.2, 0.25) is 0 Å². The molecule has 41 heavy (non-hydrogen) atoms. The first kappa shape index (κ1) is 21.8. The Morgan fingerprint density at radius 3 is 2.29 bits per heavy atom. The largest absolute Gasteiger partial charge is 0.357 e. The van der Waals surface area contributed by atoms with Crippen LogP contribution in [0.2, 0.25) is 0 Å². The Morgan fingerprint density at radius 1 is 0.659 bits per heavy atom. The van der Waals surface area contributed by atoms with Gasteiger partial charge in [-0.3, -0.25) is 14.1 Å².